The number of hydrogen-bond acceptors (Lipinski definition) is 2. The van der Waals surface area contributed by atoms with Crippen LogP contribution in [0, 0.1) is 0 Å². The molecule has 0 fully saturated rings. The Bertz CT molecular complexity index is 499. The van der Waals surface area contributed by atoms with Crippen LogP contribution in [0.15, 0.2) is 24.3 Å². The van der Waals surface area contributed by atoms with E-state index in [0.29, 0.717) is 5.69 Å². The second kappa shape index (κ2) is 9.87. The van der Waals surface area contributed by atoms with Gasteiger partial charge in [0.15, 0.2) is 0 Å². The summed E-state index contributed by atoms with van der Waals surface area (Å²) in [5.41, 5.74) is 1.51. The minimum absolute atomic E-state index is 0.0275. The van der Waals surface area contributed by atoms with Gasteiger partial charge >= 0.3 is 6.03 Å². The smallest absolute Gasteiger partial charge is 0.319 e. The molecule has 0 saturated carbocycles. The topological polar surface area (TPSA) is 61.4 Å². The number of nitrogens with zero attached hydrogens (tertiary/aromatic N) is 1. The third-order valence-electron chi connectivity index (χ3n) is 3.85. The quantitative estimate of drug-likeness (QED) is 0.707. The average Bonchev–Trinajstić information content (AvgIpc) is 2.51. The highest BCUT2D eigenvalue weighted by Crippen LogP contribution is 2.17. The third-order valence-corrected chi connectivity index (χ3v) is 3.85. The molecule has 5 nitrogen and oxygen atoms in total. The zero-order valence-corrected chi connectivity index (χ0v) is 14.7. The first-order valence-electron chi connectivity index (χ1n) is 8.36. The first-order valence-corrected chi connectivity index (χ1v) is 8.36. The average molecular weight is 319 g/mol. The van der Waals surface area contributed by atoms with Gasteiger partial charge in [-0.2, -0.15) is 0 Å². The van der Waals surface area contributed by atoms with Gasteiger partial charge in [0.25, 0.3) is 0 Å². The summed E-state index contributed by atoms with van der Waals surface area (Å²) in [6.07, 6.45) is 5.82. The highest BCUT2D eigenvalue weighted by molar-refractivity contribution is 5.92. The zero-order chi connectivity index (χ0) is 17.2. The number of carbonyl (C=O) groups excluding carboxylic acids is 2. The Balaban J connectivity index is 2.40. The summed E-state index contributed by atoms with van der Waals surface area (Å²) in [4.78, 5) is 24.8. The molecule has 0 spiro atoms. The number of unbranched alkanes of at least 4 members (excludes halogenated alkanes) is 3. The highest BCUT2D eigenvalue weighted by Gasteiger charge is 2.08. The van der Waals surface area contributed by atoms with E-state index in [1.165, 1.54) is 26.2 Å². The predicted molar refractivity (Wildman–Crippen MR) is 95.9 cm³/mol. The van der Waals surface area contributed by atoms with E-state index in [-0.39, 0.29) is 18.0 Å². The number of anilines is 2. The lowest BCUT2D eigenvalue weighted by atomic mass is 10.1. The number of urea groups is 1. The Kier molecular flexibility index (Phi) is 8.16. The minimum Gasteiger partial charge on any atom is -0.335 e. The largest absolute Gasteiger partial charge is 0.335 e. The second-order valence-electron chi connectivity index (χ2n) is 5.97. The van der Waals surface area contributed by atoms with Crippen molar-refractivity contribution in [2.24, 2.45) is 0 Å². The van der Waals surface area contributed by atoms with E-state index in [1.54, 1.807) is 24.1 Å². The monoisotopic (exact) mass is 319 g/mol. The lowest BCUT2D eigenvalue weighted by molar-refractivity contribution is -0.116. The molecule has 0 heterocycles. The molecule has 0 saturated heterocycles. The Morgan fingerprint density at radius 2 is 1.78 bits per heavy atom. The van der Waals surface area contributed by atoms with Crippen LogP contribution in [0.25, 0.3) is 0 Å². The summed E-state index contributed by atoms with van der Waals surface area (Å²) in [7, 11) is 1.72. The van der Waals surface area contributed by atoms with E-state index in [9.17, 15) is 9.59 Å². The van der Waals surface area contributed by atoms with Crippen molar-refractivity contribution in [3.63, 3.8) is 0 Å². The molecule has 0 aliphatic heterocycles. The molecular formula is C18H29N3O2. The lowest BCUT2D eigenvalue weighted by Gasteiger charge is -2.16. The maximum Gasteiger partial charge on any atom is 0.319 e. The molecular weight excluding hydrogens is 290 g/mol. The van der Waals surface area contributed by atoms with Gasteiger partial charge < -0.3 is 15.5 Å². The van der Waals surface area contributed by atoms with Crippen LogP contribution in [0.2, 0.25) is 0 Å². The summed E-state index contributed by atoms with van der Waals surface area (Å²) < 4.78 is 0. The van der Waals surface area contributed by atoms with Crippen LogP contribution >= 0.6 is 0 Å². The molecule has 1 rings (SSSR count). The van der Waals surface area contributed by atoms with Crippen molar-refractivity contribution in [1.29, 1.82) is 0 Å². The van der Waals surface area contributed by atoms with Gasteiger partial charge in [-0.25, -0.2) is 4.79 Å². The second-order valence-corrected chi connectivity index (χ2v) is 5.97. The summed E-state index contributed by atoms with van der Waals surface area (Å²) in [5, 5.41) is 5.76. The van der Waals surface area contributed by atoms with Gasteiger partial charge in [0.1, 0.15) is 0 Å². The molecule has 0 bridgehead atoms. The summed E-state index contributed by atoms with van der Waals surface area (Å²) >= 11 is 0. The van der Waals surface area contributed by atoms with Gasteiger partial charge in [-0.05, 0) is 37.6 Å². The van der Waals surface area contributed by atoms with Gasteiger partial charge in [0.2, 0.25) is 5.91 Å². The van der Waals surface area contributed by atoms with E-state index >= 15 is 0 Å². The Morgan fingerprint density at radius 1 is 1.13 bits per heavy atom. The standard InChI is InChI=1S/C18H29N3O2/c1-5-6-7-8-9-14(2)19-18(23)20-16-10-12-17(13-11-16)21(4)15(3)22/h10-14H,5-9H2,1-4H3,(H2,19,20,23). The van der Waals surface area contributed by atoms with Crippen LogP contribution in [0.5, 0.6) is 0 Å². The van der Waals surface area contributed by atoms with Crippen molar-refractivity contribution in [3.8, 4) is 0 Å². The van der Waals surface area contributed by atoms with E-state index in [0.717, 1.165) is 18.5 Å². The summed E-state index contributed by atoms with van der Waals surface area (Å²) in [6, 6.07) is 7.17. The lowest BCUT2D eigenvalue weighted by Crippen LogP contribution is -2.36. The molecule has 0 aliphatic carbocycles. The molecule has 3 amide bonds. The molecule has 1 aromatic rings. The molecule has 0 aromatic heterocycles. The molecule has 2 N–H and O–H groups in total. The van der Waals surface area contributed by atoms with Crippen LogP contribution in [0.1, 0.15) is 52.9 Å². The molecule has 5 heteroatoms. The summed E-state index contributed by atoms with van der Waals surface area (Å²) in [5.74, 6) is -0.0275. The minimum atomic E-state index is -0.194. The van der Waals surface area contributed by atoms with Gasteiger partial charge in [-0.1, -0.05) is 32.6 Å². The molecule has 1 atom stereocenters. The highest BCUT2D eigenvalue weighted by atomic mass is 16.2. The first kappa shape index (κ1) is 19.0. The van der Waals surface area contributed by atoms with E-state index in [1.807, 2.05) is 19.1 Å². The van der Waals surface area contributed by atoms with Crippen molar-refractivity contribution in [3.05, 3.63) is 24.3 Å². The molecule has 23 heavy (non-hydrogen) atoms. The maximum absolute atomic E-state index is 12.0. The Morgan fingerprint density at radius 3 is 2.35 bits per heavy atom. The van der Waals surface area contributed by atoms with Crippen LogP contribution in [0.4, 0.5) is 16.2 Å². The molecule has 0 aliphatic rings. The maximum atomic E-state index is 12.0. The fraction of sp³-hybridized carbons (Fsp3) is 0.556. The Hall–Kier alpha value is -2.04. The predicted octanol–water partition coefficient (Wildman–Crippen LogP) is 4.15. The fourth-order valence-corrected chi connectivity index (χ4v) is 2.29. The van der Waals surface area contributed by atoms with Crippen LogP contribution < -0.4 is 15.5 Å². The first-order chi connectivity index (χ1) is 10.9. The number of hydrogen-bond donors (Lipinski definition) is 2. The number of rotatable bonds is 8. The van der Waals surface area contributed by atoms with Gasteiger partial charge in [0, 0.05) is 31.4 Å². The molecule has 1 aromatic carbocycles. The van der Waals surface area contributed by atoms with Crippen molar-refractivity contribution >= 4 is 23.3 Å². The van der Waals surface area contributed by atoms with E-state index in [2.05, 4.69) is 17.6 Å². The van der Waals surface area contributed by atoms with Crippen molar-refractivity contribution < 1.29 is 9.59 Å². The van der Waals surface area contributed by atoms with Gasteiger partial charge in [-0.3, -0.25) is 4.79 Å². The third kappa shape index (κ3) is 7.17. The van der Waals surface area contributed by atoms with Crippen molar-refractivity contribution in [2.45, 2.75) is 58.9 Å². The molecule has 1 unspecified atom stereocenters. The number of amides is 3. The number of nitrogens with one attached hydrogen (secondary N) is 2. The molecule has 128 valence electrons. The van der Waals surface area contributed by atoms with E-state index in [4.69, 9.17) is 0 Å². The van der Waals surface area contributed by atoms with Crippen LogP contribution in [-0.2, 0) is 4.79 Å². The summed E-state index contributed by atoms with van der Waals surface area (Å²) in [6.45, 7) is 5.73. The van der Waals surface area contributed by atoms with Gasteiger partial charge in [-0.15, -0.1) is 0 Å². The normalized spacial score (nSPS) is 11.7. The molecule has 0 radical (unpaired) electrons. The van der Waals surface area contributed by atoms with E-state index < -0.39 is 0 Å². The zero-order valence-electron chi connectivity index (χ0n) is 14.7. The fourth-order valence-electron chi connectivity index (χ4n) is 2.29. The Labute approximate surface area is 139 Å². The van der Waals surface area contributed by atoms with Crippen LogP contribution in [0.3, 0.4) is 0 Å². The van der Waals surface area contributed by atoms with Gasteiger partial charge in [0.05, 0.1) is 0 Å². The van der Waals surface area contributed by atoms with Crippen molar-refractivity contribution in [2.75, 3.05) is 17.3 Å². The SMILES string of the molecule is CCCCCCC(C)NC(=O)Nc1ccc(N(C)C(C)=O)cc1. The number of carbonyl (C=O) groups is 2. The van der Waals surface area contributed by atoms with Crippen LogP contribution in [-0.4, -0.2) is 25.0 Å². The van der Waals surface area contributed by atoms with Crippen molar-refractivity contribution in [1.82, 2.24) is 5.32 Å². The number of benzene rings is 1.